The van der Waals surface area contributed by atoms with Crippen molar-refractivity contribution in [3.05, 3.63) is 46.2 Å². The number of benzene rings is 1. The van der Waals surface area contributed by atoms with Crippen molar-refractivity contribution >= 4 is 11.3 Å². The van der Waals surface area contributed by atoms with E-state index in [2.05, 4.69) is 61.1 Å². The van der Waals surface area contributed by atoms with Crippen LogP contribution in [-0.4, -0.2) is 6.04 Å². The smallest absolute Gasteiger partial charge is 0.0207 e. The Morgan fingerprint density at radius 3 is 2.65 bits per heavy atom. The lowest BCUT2D eigenvalue weighted by molar-refractivity contribution is 0.589. The van der Waals surface area contributed by atoms with Gasteiger partial charge in [0.15, 0.2) is 0 Å². The largest absolute Gasteiger partial charge is 0.310 e. The van der Waals surface area contributed by atoms with Crippen LogP contribution in [0.2, 0.25) is 0 Å². The molecule has 0 radical (unpaired) electrons. The van der Waals surface area contributed by atoms with Gasteiger partial charge >= 0.3 is 0 Å². The highest BCUT2D eigenvalue weighted by molar-refractivity contribution is 7.08. The van der Waals surface area contributed by atoms with Gasteiger partial charge in [-0.3, -0.25) is 0 Å². The highest BCUT2D eigenvalue weighted by Crippen LogP contribution is 2.26. The van der Waals surface area contributed by atoms with E-state index in [4.69, 9.17) is 0 Å². The Hall–Kier alpha value is -1.12. The normalized spacial score (nSPS) is 11.1. The first-order valence-electron chi connectivity index (χ1n) is 6.02. The van der Waals surface area contributed by atoms with Gasteiger partial charge in [0.1, 0.15) is 0 Å². The number of hydrogen-bond acceptors (Lipinski definition) is 2. The molecule has 2 aromatic rings. The number of hydrogen-bond donors (Lipinski definition) is 1. The Morgan fingerprint density at radius 2 is 2.06 bits per heavy atom. The van der Waals surface area contributed by atoms with Crippen LogP contribution >= 0.6 is 11.3 Å². The van der Waals surface area contributed by atoms with Crippen molar-refractivity contribution in [3.8, 4) is 11.1 Å². The fraction of sp³-hybridized carbons (Fsp3) is 0.333. The third-order valence-electron chi connectivity index (χ3n) is 2.84. The van der Waals surface area contributed by atoms with Crippen LogP contribution in [0.15, 0.2) is 35.0 Å². The van der Waals surface area contributed by atoms with Gasteiger partial charge in [0.25, 0.3) is 0 Å². The zero-order valence-corrected chi connectivity index (χ0v) is 11.5. The van der Waals surface area contributed by atoms with Crippen LogP contribution in [0.3, 0.4) is 0 Å². The summed E-state index contributed by atoms with van der Waals surface area (Å²) in [6, 6.07) is 9.44. The lowest BCUT2D eigenvalue weighted by Gasteiger charge is -2.10. The fourth-order valence-electron chi connectivity index (χ4n) is 1.90. The van der Waals surface area contributed by atoms with Gasteiger partial charge in [-0.2, -0.15) is 11.3 Å². The lowest BCUT2D eigenvalue weighted by atomic mass is 10.0. The quantitative estimate of drug-likeness (QED) is 0.850. The van der Waals surface area contributed by atoms with Crippen molar-refractivity contribution in [1.82, 2.24) is 5.32 Å². The molecule has 0 aliphatic carbocycles. The Morgan fingerprint density at radius 1 is 1.24 bits per heavy atom. The van der Waals surface area contributed by atoms with Crippen molar-refractivity contribution in [2.45, 2.75) is 33.4 Å². The molecule has 1 heterocycles. The summed E-state index contributed by atoms with van der Waals surface area (Å²) in [6.45, 7) is 7.48. The molecule has 0 saturated carbocycles. The van der Waals surface area contributed by atoms with Gasteiger partial charge in [-0.1, -0.05) is 32.0 Å². The van der Waals surface area contributed by atoms with Crippen molar-refractivity contribution in [2.24, 2.45) is 0 Å². The second-order valence-electron chi connectivity index (χ2n) is 4.70. The van der Waals surface area contributed by atoms with Crippen LogP contribution in [0.4, 0.5) is 0 Å². The van der Waals surface area contributed by atoms with E-state index in [0.717, 1.165) is 6.54 Å². The number of rotatable bonds is 4. The summed E-state index contributed by atoms with van der Waals surface area (Å²) in [6.07, 6.45) is 0. The SMILES string of the molecule is Cc1cc(CNC(C)C)ccc1-c1ccsc1. The van der Waals surface area contributed by atoms with Crippen LogP contribution < -0.4 is 5.32 Å². The van der Waals surface area contributed by atoms with Gasteiger partial charge in [0.2, 0.25) is 0 Å². The Balaban J connectivity index is 2.17. The first-order chi connectivity index (χ1) is 8.16. The van der Waals surface area contributed by atoms with Gasteiger partial charge in [0, 0.05) is 12.6 Å². The van der Waals surface area contributed by atoms with Crippen molar-refractivity contribution in [1.29, 1.82) is 0 Å². The Kier molecular flexibility index (Phi) is 3.97. The van der Waals surface area contributed by atoms with Crippen LogP contribution in [-0.2, 0) is 6.54 Å². The Labute approximate surface area is 108 Å². The average Bonchev–Trinajstić information content (AvgIpc) is 2.79. The lowest BCUT2D eigenvalue weighted by Crippen LogP contribution is -2.21. The minimum Gasteiger partial charge on any atom is -0.310 e. The van der Waals surface area contributed by atoms with Crippen LogP contribution in [0, 0.1) is 6.92 Å². The van der Waals surface area contributed by atoms with E-state index < -0.39 is 0 Å². The maximum Gasteiger partial charge on any atom is 0.0207 e. The molecule has 90 valence electrons. The van der Waals surface area contributed by atoms with Gasteiger partial charge in [-0.15, -0.1) is 0 Å². The highest BCUT2D eigenvalue weighted by Gasteiger charge is 2.03. The summed E-state index contributed by atoms with van der Waals surface area (Å²) in [7, 11) is 0. The second kappa shape index (κ2) is 5.48. The topological polar surface area (TPSA) is 12.0 Å². The van der Waals surface area contributed by atoms with E-state index in [1.165, 1.54) is 22.3 Å². The predicted molar refractivity (Wildman–Crippen MR) is 76.5 cm³/mol. The molecule has 17 heavy (non-hydrogen) atoms. The summed E-state index contributed by atoms with van der Waals surface area (Å²) in [4.78, 5) is 0. The number of aryl methyl sites for hydroxylation is 1. The van der Waals surface area contributed by atoms with Crippen LogP contribution in [0.5, 0.6) is 0 Å². The molecule has 0 saturated heterocycles. The zero-order chi connectivity index (χ0) is 12.3. The first kappa shape index (κ1) is 12.3. The van der Waals surface area contributed by atoms with Gasteiger partial charge in [0.05, 0.1) is 0 Å². The molecule has 1 nitrogen and oxygen atoms in total. The molecule has 0 spiro atoms. The van der Waals surface area contributed by atoms with Crippen LogP contribution in [0.25, 0.3) is 11.1 Å². The highest BCUT2D eigenvalue weighted by atomic mass is 32.1. The number of nitrogens with one attached hydrogen (secondary N) is 1. The molecule has 0 atom stereocenters. The molecule has 0 amide bonds. The summed E-state index contributed by atoms with van der Waals surface area (Å²) in [5, 5.41) is 7.78. The van der Waals surface area contributed by atoms with E-state index in [1.54, 1.807) is 11.3 Å². The third kappa shape index (κ3) is 3.18. The molecule has 2 rings (SSSR count). The van der Waals surface area contributed by atoms with Crippen molar-refractivity contribution in [3.63, 3.8) is 0 Å². The minimum absolute atomic E-state index is 0.534. The fourth-order valence-corrected chi connectivity index (χ4v) is 2.56. The zero-order valence-electron chi connectivity index (χ0n) is 10.7. The summed E-state index contributed by atoms with van der Waals surface area (Å²) in [5.74, 6) is 0. The molecule has 0 aliphatic heterocycles. The maximum absolute atomic E-state index is 3.45. The maximum atomic E-state index is 3.45. The molecule has 1 aromatic carbocycles. The standard InChI is InChI=1S/C15H19NS/c1-11(2)16-9-13-4-5-15(12(3)8-13)14-6-7-17-10-14/h4-8,10-11,16H,9H2,1-3H3. The summed E-state index contributed by atoms with van der Waals surface area (Å²) in [5.41, 5.74) is 5.39. The molecule has 0 fully saturated rings. The van der Waals surface area contributed by atoms with E-state index >= 15 is 0 Å². The molecule has 2 heteroatoms. The molecule has 0 unspecified atom stereocenters. The monoisotopic (exact) mass is 245 g/mol. The average molecular weight is 245 g/mol. The molecule has 0 bridgehead atoms. The van der Waals surface area contributed by atoms with Gasteiger partial charge in [-0.05, 0) is 46.0 Å². The first-order valence-corrected chi connectivity index (χ1v) is 6.96. The van der Waals surface area contributed by atoms with E-state index in [-0.39, 0.29) is 0 Å². The molecular weight excluding hydrogens is 226 g/mol. The van der Waals surface area contributed by atoms with Gasteiger partial charge in [-0.25, -0.2) is 0 Å². The third-order valence-corrected chi connectivity index (χ3v) is 3.52. The Bertz CT molecular complexity index is 472. The predicted octanol–water partition coefficient (Wildman–Crippen LogP) is 4.22. The van der Waals surface area contributed by atoms with E-state index in [1.807, 2.05) is 0 Å². The van der Waals surface area contributed by atoms with E-state index in [9.17, 15) is 0 Å². The molecule has 1 N–H and O–H groups in total. The van der Waals surface area contributed by atoms with Crippen LogP contribution in [0.1, 0.15) is 25.0 Å². The molecule has 1 aromatic heterocycles. The minimum atomic E-state index is 0.534. The van der Waals surface area contributed by atoms with E-state index in [0.29, 0.717) is 6.04 Å². The molecule has 0 aliphatic rings. The second-order valence-corrected chi connectivity index (χ2v) is 5.48. The van der Waals surface area contributed by atoms with Gasteiger partial charge < -0.3 is 5.32 Å². The number of thiophene rings is 1. The molecular formula is C15H19NS. The van der Waals surface area contributed by atoms with Crippen molar-refractivity contribution < 1.29 is 0 Å². The summed E-state index contributed by atoms with van der Waals surface area (Å²) >= 11 is 1.75. The van der Waals surface area contributed by atoms with Crippen molar-refractivity contribution in [2.75, 3.05) is 0 Å². The summed E-state index contributed by atoms with van der Waals surface area (Å²) < 4.78 is 0.